The van der Waals surface area contributed by atoms with Crippen molar-refractivity contribution in [2.45, 2.75) is 0 Å². The molecule has 2 rings (SSSR count). The third-order valence-electron chi connectivity index (χ3n) is 2.60. The second-order valence-electron chi connectivity index (χ2n) is 4.13. The molecule has 0 heterocycles. The van der Waals surface area contributed by atoms with E-state index in [9.17, 15) is 4.79 Å². The van der Waals surface area contributed by atoms with Crippen molar-refractivity contribution in [2.24, 2.45) is 0 Å². The Morgan fingerprint density at radius 2 is 1.67 bits per heavy atom. The quantitative estimate of drug-likeness (QED) is 0.660. The molecule has 0 fully saturated rings. The van der Waals surface area contributed by atoms with E-state index in [4.69, 9.17) is 34.8 Å². The zero-order valence-corrected chi connectivity index (χ0v) is 14.4. The summed E-state index contributed by atoms with van der Waals surface area (Å²) >= 11 is 21.2. The largest absolute Gasteiger partial charge is 0.375 e. The van der Waals surface area contributed by atoms with Gasteiger partial charge in [-0.1, -0.05) is 34.8 Å². The van der Waals surface area contributed by atoms with Crippen LogP contribution >= 0.6 is 50.7 Å². The molecule has 0 aliphatic carbocycles. The average Bonchev–Trinajstić information content (AvgIpc) is 2.46. The third-order valence-corrected chi connectivity index (χ3v) is 4.63. The molecule has 0 atom stereocenters. The van der Waals surface area contributed by atoms with Crippen LogP contribution in [-0.4, -0.2) is 12.5 Å². The molecular formula is C14H10BrCl3N2O. The van der Waals surface area contributed by atoms with Gasteiger partial charge in [-0.25, -0.2) is 0 Å². The fourth-order valence-corrected chi connectivity index (χ4v) is 2.54. The Balaban J connectivity index is 1.95. The van der Waals surface area contributed by atoms with Crippen LogP contribution in [0.1, 0.15) is 0 Å². The van der Waals surface area contributed by atoms with Crippen LogP contribution in [0.4, 0.5) is 11.4 Å². The molecule has 0 bridgehead atoms. The number of rotatable bonds is 4. The van der Waals surface area contributed by atoms with Crippen molar-refractivity contribution >= 4 is 68.0 Å². The van der Waals surface area contributed by atoms with Crippen LogP contribution in [0.15, 0.2) is 40.9 Å². The molecule has 0 radical (unpaired) electrons. The number of amides is 1. The molecule has 7 heteroatoms. The van der Waals surface area contributed by atoms with Gasteiger partial charge in [0.15, 0.2) is 0 Å². The first-order valence-electron chi connectivity index (χ1n) is 5.90. The van der Waals surface area contributed by atoms with Gasteiger partial charge in [0.1, 0.15) is 0 Å². The van der Waals surface area contributed by atoms with Gasteiger partial charge in [0.25, 0.3) is 0 Å². The van der Waals surface area contributed by atoms with Gasteiger partial charge < -0.3 is 10.6 Å². The molecule has 0 spiro atoms. The number of halogens is 4. The van der Waals surface area contributed by atoms with Crippen molar-refractivity contribution in [1.29, 1.82) is 0 Å². The smallest absolute Gasteiger partial charge is 0.243 e. The second-order valence-corrected chi connectivity index (χ2v) is 6.18. The molecule has 0 aliphatic heterocycles. The van der Waals surface area contributed by atoms with E-state index in [2.05, 4.69) is 26.6 Å². The monoisotopic (exact) mass is 406 g/mol. The SMILES string of the molecule is O=C(CNc1ccc(Br)c(Cl)c1Cl)Nc1ccc(Cl)cc1. The van der Waals surface area contributed by atoms with E-state index >= 15 is 0 Å². The van der Waals surface area contributed by atoms with E-state index < -0.39 is 0 Å². The summed E-state index contributed by atoms with van der Waals surface area (Å²) in [6.45, 7) is 0.0697. The number of carbonyl (C=O) groups excluding carboxylic acids is 1. The molecule has 3 nitrogen and oxygen atoms in total. The van der Waals surface area contributed by atoms with Crippen molar-refractivity contribution in [3.63, 3.8) is 0 Å². The fourth-order valence-electron chi connectivity index (χ4n) is 1.58. The number of carbonyl (C=O) groups is 1. The van der Waals surface area contributed by atoms with Crippen molar-refractivity contribution in [2.75, 3.05) is 17.2 Å². The summed E-state index contributed by atoms with van der Waals surface area (Å²) in [7, 11) is 0. The van der Waals surface area contributed by atoms with Gasteiger partial charge in [-0.2, -0.15) is 0 Å². The Kier molecular flexibility index (Phi) is 5.76. The topological polar surface area (TPSA) is 41.1 Å². The molecule has 2 aromatic rings. The highest BCUT2D eigenvalue weighted by Gasteiger charge is 2.09. The standard InChI is InChI=1S/C14H10BrCl3N2O/c15-10-5-6-11(14(18)13(10)17)19-7-12(21)20-9-3-1-8(16)2-4-9/h1-6,19H,7H2,(H,20,21). The first kappa shape index (κ1) is 16.4. The van der Waals surface area contributed by atoms with E-state index in [0.29, 0.717) is 30.9 Å². The summed E-state index contributed by atoms with van der Waals surface area (Å²) in [5, 5.41) is 7.06. The van der Waals surface area contributed by atoms with Gasteiger partial charge in [0.2, 0.25) is 5.91 Å². The number of hydrogen-bond acceptors (Lipinski definition) is 2. The van der Waals surface area contributed by atoms with Crippen molar-refractivity contribution in [3.8, 4) is 0 Å². The molecule has 21 heavy (non-hydrogen) atoms. The number of nitrogens with one attached hydrogen (secondary N) is 2. The van der Waals surface area contributed by atoms with Crippen LogP contribution < -0.4 is 10.6 Å². The molecule has 2 aromatic carbocycles. The van der Waals surface area contributed by atoms with Gasteiger partial charge in [-0.3, -0.25) is 4.79 Å². The minimum atomic E-state index is -0.201. The lowest BCUT2D eigenvalue weighted by molar-refractivity contribution is -0.114. The van der Waals surface area contributed by atoms with Gasteiger partial charge in [0, 0.05) is 15.2 Å². The Morgan fingerprint density at radius 3 is 2.33 bits per heavy atom. The third kappa shape index (κ3) is 4.51. The second kappa shape index (κ2) is 7.36. The van der Waals surface area contributed by atoms with E-state index in [0.717, 1.165) is 0 Å². The highest BCUT2D eigenvalue weighted by atomic mass is 79.9. The summed E-state index contributed by atoms with van der Waals surface area (Å²) < 4.78 is 0.699. The molecule has 110 valence electrons. The van der Waals surface area contributed by atoms with Crippen LogP contribution in [-0.2, 0) is 4.79 Å². The highest BCUT2D eigenvalue weighted by Crippen LogP contribution is 2.35. The van der Waals surface area contributed by atoms with Crippen LogP contribution in [0.3, 0.4) is 0 Å². The zero-order valence-electron chi connectivity index (χ0n) is 10.6. The molecule has 0 unspecified atom stereocenters. The molecular weight excluding hydrogens is 398 g/mol. The summed E-state index contributed by atoms with van der Waals surface area (Å²) in [6, 6.07) is 10.4. The summed E-state index contributed by atoms with van der Waals surface area (Å²) in [5.74, 6) is -0.201. The van der Waals surface area contributed by atoms with Crippen LogP contribution in [0.2, 0.25) is 15.1 Å². The molecule has 0 aliphatic rings. The first-order chi connectivity index (χ1) is 9.97. The Bertz CT molecular complexity index is 662. The summed E-state index contributed by atoms with van der Waals surface area (Å²) in [4.78, 5) is 11.8. The van der Waals surface area contributed by atoms with Crippen LogP contribution in [0.5, 0.6) is 0 Å². The molecule has 0 saturated carbocycles. The van der Waals surface area contributed by atoms with E-state index in [1.807, 2.05) is 0 Å². The van der Waals surface area contributed by atoms with E-state index in [-0.39, 0.29) is 12.5 Å². The molecule has 2 N–H and O–H groups in total. The Labute approximate surface area is 145 Å². The molecule has 0 aromatic heterocycles. The van der Waals surface area contributed by atoms with Gasteiger partial charge >= 0.3 is 0 Å². The lowest BCUT2D eigenvalue weighted by Gasteiger charge is -2.10. The van der Waals surface area contributed by atoms with Crippen molar-refractivity contribution in [1.82, 2.24) is 0 Å². The number of anilines is 2. The van der Waals surface area contributed by atoms with E-state index in [1.54, 1.807) is 36.4 Å². The predicted molar refractivity (Wildman–Crippen MR) is 92.7 cm³/mol. The van der Waals surface area contributed by atoms with Gasteiger partial charge in [-0.15, -0.1) is 0 Å². The minimum absolute atomic E-state index is 0.0697. The number of hydrogen-bond donors (Lipinski definition) is 2. The molecule has 1 amide bonds. The highest BCUT2D eigenvalue weighted by molar-refractivity contribution is 9.10. The summed E-state index contributed by atoms with van der Waals surface area (Å²) in [6.07, 6.45) is 0. The van der Waals surface area contributed by atoms with Gasteiger partial charge in [-0.05, 0) is 52.3 Å². The Morgan fingerprint density at radius 1 is 1.00 bits per heavy atom. The Hall–Kier alpha value is -0.940. The van der Waals surface area contributed by atoms with Crippen LogP contribution in [0, 0.1) is 0 Å². The summed E-state index contributed by atoms with van der Waals surface area (Å²) in [5.41, 5.74) is 1.27. The maximum Gasteiger partial charge on any atom is 0.243 e. The molecule has 0 saturated heterocycles. The van der Waals surface area contributed by atoms with Crippen molar-refractivity contribution in [3.05, 3.63) is 55.9 Å². The maximum absolute atomic E-state index is 11.8. The minimum Gasteiger partial charge on any atom is -0.375 e. The maximum atomic E-state index is 11.8. The van der Waals surface area contributed by atoms with E-state index in [1.165, 1.54) is 0 Å². The average molecular weight is 409 g/mol. The first-order valence-corrected chi connectivity index (χ1v) is 7.83. The fraction of sp³-hybridized carbons (Fsp3) is 0.0714. The number of benzene rings is 2. The normalized spacial score (nSPS) is 10.3. The van der Waals surface area contributed by atoms with Gasteiger partial charge in [0.05, 0.1) is 22.3 Å². The van der Waals surface area contributed by atoms with Crippen LogP contribution in [0.25, 0.3) is 0 Å². The predicted octanol–water partition coefficient (Wildman–Crippen LogP) is 5.46. The van der Waals surface area contributed by atoms with Crippen molar-refractivity contribution < 1.29 is 4.79 Å². The lowest BCUT2D eigenvalue weighted by Crippen LogP contribution is -2.21. The zero-order chi connectivity index (χ0) is 15.4. The lowest BCUT2D eigenvalue weighted by atomic mass is 10.3.